The number of carbonyl (C=O) groups is 1. The fraction of sp³-hybridized carbons (Fsp3) is 0.417. The van der Waals surface area contributed by atoms with Crippen molar-refractivity contribution in [3.05, 3.63) is 35.5 Å². The quantitative estimate of drug-likeness (QED) is 0.390. The molecule has 2 heteroatoms. The second-order valence-corrected chi connectivity index (χ2v) is 3.15. The Bertz CT molecular complexity index is 253. The van der Waals surface area contributed by atoms with Crippen LogP contribution >= 0.6 is 0 Å². The van der Waals surface area contributed by atoms with Crippen molar-refractivity contribution >= 4 is 5.97 Å². The smallest absolute Gasteiger partial charge is 0.333 e. The predicted molar refractivity (Wildman–Crippen MR) is 59.0 cm³/mol. The van der Waals surface area contributed by atoms with Gasteiger partial charge < -0.3 is 4.74 Å². The Labute approximate surface area is 86.0 Å². The first kappa shape index (κ1) is 12.7. The molecule has 0 fully saturated rings. The average molecular weight is 194 g/mol. The van der Waals surface area contributed by atoms with Gasteiger partial charge in [0.05, 0.1) is 7.11 Å². The summed E-state index contributed by atoms with van der Waals surface area (Å²) in [6.07, 6.45) is 4.56. The molecule has 0 saturated carbocycles. The number of carbonyl (C=O) groups excluding carboxylic acids is 1. The molecule has 2 nitrogen and oxygen atoms in total. The van der Waals surface area contributed by atoms with Crippen molar-refractivity contribution in [3.8, 4) is 0 Å². The molecule has 0 aliphatic rings. The SMILES string of the molecule is C=C(CC)C(C)=CC=C(C)C(=O)OC. The number of esters is 1. The molecule has 78 valence electrons. The minimum Gasteiger partial charge on any atom is -0.466 e. The van der Waals surface area contributed by atoms with Crippen molar-refractivity contribution < 1.29 is 9.53 Å². The molecule has 0 bridgehead atoms. The van der Waals surface area contributed by atoms with Crippen LogP contribution in [-0.4, -0.2) is 13.1 Å². The molecule has 0 rings (SSSR count). The van der Waals surface area contributed by atoms with Gasteiger partial charge in [0.1, 0.15) is 0 Å². The van der Waals surface area contributed by atoms with E-state index in [-0.39, 0.29) is 5.97 Å². The first-order chi connectivity index (χ1) is 6.52. The summed E-state index contributed by atoms with van der Waals surface area (Å²) in [4.78, 5) is 11.0. The van der Waals surface area contributed by atoms with E-state index >= 15 is 0 Å². The van der Waals surface area contributed by atoms with E-state index in [1.165, 1.54) is 7.11 Å². The molecule has 0 heterocycles. The van der Waals surface area contributed by atoms with E-state index in [0.717, 1.165) is 17.6 Å². The maximum atomic E-state index is 11.0. The lowest BCUT2D eigenvalue weighted by molar-refractivity contribution is -0.136. The Morgan fingerprint density at radius 2 is 1.79 bits per heavy atom. The number of rotatable bonds is 4. The Kier molecular flexibility index (Phi) is 5.61. The molecule has 0 aliphatic carbocycles. The first-order valence-corrected chi connectivity index (χ1v) is 4.64. The van der Waals surface area contributed by atoms with Gasteiger partial charge >= 0.3 is 5.97 Å². The van der Waals surface area contributed by atoms with Gasteiger partial charge in [0, 0.05) is 5.57 Å². The van der Waals surface area contributed by atoms with Crippen molar-refractivity contribution in [3.63, 3.8) is 0 Å². The molecule has 0 N–H and O–H groups in total. The van der Waals surface area contributed by atoms with Crippen molar-refractivity contribution in [1.29, 1.82) is 0 Å². The molecular formula is C12H18O2. The zero-order valence-corrected chi connectivity index (χ0v) is 9.39. The maximum Gasteiger partial charge on any atom is 0.333 e. The highest BCUT2D eigenvalue weighted by Crippen LogP contribution is 2.10. The second kappa shape index (κ2) is 6.19. The number of methoxy groups -OCH3 is 1. The van der Waals surface area contributed by atoms with Crippen LogP contribution in [0, 0.1) is 0 Å². The summed E-state index contributed by atoms with van der Waals surface area (Å²) in [7, 11) is 1.38. The van der Waals surface area contributed by atoms with Crippen LogP contribution < -0.4 is 0 Å². The van der Waals surface area contributed by atoms with E-state index < -0.39 is 0 Å². The summed E-state index contributed by atoms with van der Waals surface area (Å²) in [5, 5.41) is 0. The number of hydrogen-bond acceptors (Lipinski definition) is 2. The van der Waals surface area contributed by atoms with Gasteiger partial charge in [-0.2, -0.15) is 0 Å². The van der Waals surface area contributed by atoms with Gasteiger partial charge in [-0.1, -0.05) is 31.2 Å². The van der Waals surface area contributed by atoms with Crippen LogP contribution in [0.1, 0.15) is 27.2 Å². The molecule has 0 aliphatic heterocycles. The summed E-state index contributed by atoms with van der Waals surface area (Å²) >= 11 is 0. The summed E-state index contributed by atoms with van der Waals surface area (Å²) in [5.41, 5.74) is 2.77. The molecule has 0 aromatic rings. The highest BCUT2D eigenvalue weighted by Gasteiger charge is 2.00. The largest absolute Gasteiger partial charge is 0.466 e. The van der Waals surface area contributed by atoms with Gasteiger partial charge in [0.15, 0.2) is 0 Å². The van der Waals surface area contributed by atoms with Gasteiger partial charge in [0.25, 0.3) is 0 Å². The van der Waals surface area contributed by atoms with E-state index in [9.17, 15) is 4.79 Å². The van der Waals surface area contributed by atoms with Gasteiger partial charge in [-0.05, 0) is 25.8 Å². The van der Waals surface area contributed by atoms with E-state index in [1.807, 2.05) is 13.0 Å². The van der Waals surface area contributed by atoms with Gasteiger partial charge in [-0.3, -0.25) is 0 Å². The van der Waals surface area contributed by atoms with Crippen LogP contribution in [0.3, 0.4) is 0 Å². The third-order valence-electron chi connectivity index (χ3n) is 2.08. The summed E-state index contributed by atoms with van der Waals surface area (Å²) in [6.45, 7) is 9.66. The molecule has 0 unspecified atom stereocenters. The third kappa shape index (κ3) is 4.08. The van der Waals surface area contributed by atoms with Crippen molar-refractivity contribution in [1.82, 2.24) is 0 Å². The highest BCUT2D eigenvalue weighted by molar-refractivity contribution is 5.87. The zero-order valence-electron chi connectivity index (χ0n) is 9.39. The standard InChI is InChI=1S/C12H18O2/c1-6-9(2)10(3)7-8-11(4)12(13)14-5/h7-8H,2,6H2,1,3-5H3. The maximum absolute atomic E-state index is 11.0. The van der Waals surface area contributed by atoms with Crippen molar-refractivity contribution in [2.24, 2.45) is 0 Å². The molecule has 0 radical (unpaired) electrons. The summed E-state index contributed by atoms with van der Waals surface area (Å²) in [5.74, 6) is -0.295. The average Bonchev–Trinajstić information content (AvgIpc) is 2.22. The van der Waals surface area contributed by atoms with Crippen LogP contribution in [0.2, 0.25) is 0 Å². The van der Waals surface area contributed by atoms with Crippen LogP contribution in [0.15, 0.2) is 35.5 Å². The predicted octanol–water partition coefficient (Wildman–Crippen LogP) is 3.02. The van der Waals surface area contributed by atoms with Gasteiger partial charge in [0.2, 0.25) is 0 Å². The Morgan fingerprint density at radius 3 is 2.21 bits per heavy atom. The van der Waals surface area contributed by atoms with E-state index in [2.05, 4.69) is 18.2 Å². The monoisotopic (exact) mass is 194 g/mol. The first-order valence-electron chi connectivity index (χ1n) is 4.64. The molecule has 0 aromatic heterocycles. The topological polar surface area (TPSA) is 26.3 Å². The Morgan fingerprint density at radius 1 is 1.29 bits per heavy atom. The van der Waals surface area contributed by atoms with Gasteiger partial charge in [-0.15, -0.1) is 0 Å². The summed E-state index contributed by atoms with van der Waals surface area (Å²) < 4.78 is 4.57. The van der Waals surface area contributed by atoms with Crippen LogP contribution in [-0.2, 0) is 9.53 Å². The molecule has 0 spiro atoms. The highest BCUT2D eigenvalue weighted by atomic mass is 16.5. The number of allylic oxidation sites excluding steroid dienone is 4. The zero-order chi connectivity index (χ0) is 11.1. The number of ether oxygens (including phenoxy) is 1. The molecular weight excluding hydrogens is 176 g/mol. The third-order valence-corrected chi connectivity index (χ3v) is 2.08. The van der Waals surface area contributed by atoms with Crippen LogP contribution in [0.4, 0.5) is 0 Å². The fourth-order valence-corrected chi connectivity index (χ4v) is 0.876. The van der Waals surface area contributed by atoms with E-state index in [1.54, 1.807) is 13.0 Å². The minimum atomic E-state index is -0.295. The van der Waals surface area contributed by atoms with Crippen LogP contribution in [0.25, 0.3) is 0 Å². The van der Waals surface area contributed by atoms with Crippen molar-refractivity contribution in [2.75, 3.05) is 7.11 Å². The Hall–Kier alpha value is -1.31. The van der Waals surface area contributed by atoms with Crippen LogP contribution in [0.5, 0.6) is 0 Å². The lowest BCUT2D eigenvalue weighted by Gasteiger charge is -2.01. The fourth-order valence-electron chi connectivity index (χ4n) is 0.876. The normalized spacial score (nSPS) is 12.6. The molecule has 0 saturated heterocycles. The second-order valence-electron chi connectivity index (χ2n) is 3.15. The Balaban J connectivity index is 4.53. The van der Waals surface area contributed by atoms with E-state index in [0.29, 0.717) is 5.57 Å². The molecule has 0 aromatic carbocycles. The van der Waals surface area contributed by atoms with E-state index in [4.69, 9.17) is 0 Å². The molecule has 0 atom stereocenters. The molecule has 0 amide bonds. The lowest BCUT2D eigenvalue weighted by atomic mass is 10.1. The molecule has 14 heavy (non-hydrogen) atoms. The summed E-state index contributed by atoms with van der Waals surface area (Å²) in [6, 6.07) is 0. The van der Waals surface area contributed by atoms with Crippen molar-refractivity contribution in [2.45, 2.75) is 27.2 Å². The number of hydrogen-bond donors (Lipinski definition) is 0. The lowest BCUT2D eigenvalue weighted by Crippen LogP contribution is -2.00. The van der Waals surface area contributed by atoms with Gasteiger partial charge in [-0.25, -0.2) is 4.79 Å². The minimum absolute atomic E-state index is 0.295.